The molecular formula is C51H86O10. The fraction of sp³-hybridized carbons (Fsp3) is 0.725. The molecule has 0 aliphatic carbocycles. The number of carbonyl (C=O) groups excluding carboxylic acids is 2. The van der Waals surface area contributed by atoms with Gasteiger partial charge >= 0.3 is 11.9 Å². The zero-order valence-electron chi connectivity index (χ0n) is 38.1. The van der Waals surface area contributed by atoms with Crippen molar-refractivity contribution >= 4 is 11.9 Å². The van der Waals surface area contributed by atoms with Crippen LogP contribution in [0.25, 0.3) is 0 Å². The van der Waals surface area contributed by atoms with Crippen molar-refractivity contribution in [2.24, 2.45) is 0 Å². The molecule has 10 nitrogen and oxygen atoms in total. The summed E-state index contributed by atoms with van der Waals surface area (Å²) in [5.74, 6) is -1.13. The van der Waals surface area contributed by atoms with E-state index in [2.05, 4.69) is 56.4 Å². The number of allylic oxidation sites excluding steroid dienone is 11. The van der Waals surface area contributed by atoms with Crippen LogP contribution in [0.5, 0.6) is 0 Å². The van der Waals surface area contributed by atoms with Gasteiger partial charge in [-0.15, -0.1) is 0 Å². The predicted octanol–water partition coefficient (Wildman–Crippen LogP) is 10.8. The molecule has 0 amide bonds. The second kappa shape index (κ2) is 41.2. The number of aliphatic hydroxyl groups is 4. The smallest absolute Gasteiger partial charge is 0.330 e. The Kier molecular flexibility index (Phi) is 37.9. The number of hydrogen-bond donors (Lipinski definition) is 4. The highest BCUT2D eigenvalue weighted by atomic mass is 16.7. The van der Waals surface area contributed by atoms with E-state index in [1.165, 1.54) is 122 Å². The van der Waals surface area contributed by atoms with Gasteiger partial charge in [-0.1, -0.05) is 183 Å². The van der Waals surface area contributed by atoms with Crippen molar-refractivity contribution in [1.29, 1.82) is 0 Å². The maximum atomic E-state index is 12.8. The molecule has 1 rings (SSSR count). The fourth-order valence-electron chi connectivity index (χ4n) is 6.86. The third-order valence-corrected chi connectivity index (χ3v) is 10.7. The van der Waals surface area contributed by atoms with Crippen LogP contribution in [0.3, 0.4) is 0 Å². The Morgan fingerprint density at radius 3 is 1.56 bits per heavy atom. The Hall–Kier alpha value is -2.86. The molecule has 1 fully saturated rings. The summed E-state index contributed by atoms with van der Waals surface area (Å²) in [5.41, 5.74) is 0. The molecule has 0 aromatic carbocycles. The minimum Gasteiger partial charge on any atom is -0.458 e. The average Bonchev–Trinajstić information content (AvgIpc) is 3.26. The zero-order chi connectivity index (χ0) is 44.4. The molecule has 1 heterocycles. The third kappa shape index (κ3) is 32.5. The van der Waals surface area contributed by atoms with Gasteiger partial charge in [0, 0.05) is 12.5 Å². The van der Waals surface area contributed by atoms with Crippen molar-refractivity contribution in [3.63, 3.8) is 0 Å². The van der Waals surface area contributed by atoms with Crippen molar-refractivity contribution in [2.75, 3.05) is 19.8 Å². The van der Waals surface area contributed by atoms with Gasteiger partial charge in [0.1, 0.15) is 31.0 Å². The van der Waals surface area contributed by atoms with E-state index in [1.54, 1.807) is 6.08 Å². The maximum absolute atomic E-state index is 12.8. The maximum Gasteiger partial charge on any atom is 0.330 e. The Labute approximate surface area is 370 Å². The molecule has 1 aliphatic rings. The summed E-state index contributed by atoms with van der Waals surface area (Å²) in [7, 11) is 0. The molecule has 0 bridgehead atoms. The largest absolute Gasteiger partial charge is 0.458 e. The van der Waals surface area contributed by atoms with E-state index in [-0.39, 0.29) is 19.6 Å². The zero-order valence-corrected chi connectivity index (χ0v) is 38.1. The van der Waals surface area contributed by atoms with Crippen LogP contribution in [0, 0.1) is 0 Å². The molecule has 4 N–H and O–H groups in total. The van der Waals surface area contributed by atoms with E-state index in [9.17, 15) is 30.0 Å². The summed E-state index contributed by atoms with van der Waals surface area (Å²) in [6.45, 7) is 3.25. The fourth-order valence-corrected chi connectivity index (χ4v) is 6.86. The second-order valence-corrected chi connectivity index (χ2v) is 16.3. The number of hydrogen-bond acceptors (Lipinski definition) is 10. The number of aliphatic hydroxyl groups excluding tert-OH is 4. The van der Waals surface area contributed by atoms with Gasteiger partial charge in [-0.25, -0.2) is 4.79 Å². The first-order valence-corrected chi connectivity index (χ1v) is 24.0. The molecule has 0 radical (unpaired) electrons. The SMILES string of the molecule is CCCCCCCCC/C=C/C/C=C/C/C=C/C/C=C/CCCC(=O)O[C@H](COC(=O)/C=C/C=C/CCCCCCCCCCCCC)CO[C@@H]1O[C@H](CO)[C@H](O)C(O)C1O. The van der Waals surface area contributed by atoms with Gasteiger partial charge in [0.2, 0.25) is 0 Å². The van der Waals surface area contributed by atoms with Gasteiger partial charge in [0.25, 0.3) is 0 Å². The molecule has 0 aromatic heterocycles. The second-order valence-electron chi connectivity index (χ2n) is 16.3. The first-order chi connectivity index (χ1) is 29.8. The molecule has 1 saturated heterocycles. The summed E-state index contributed by atoms with van der Waals surface area (Å²) in [4.78, 5) is 25.2. The molecule has 0 aromatic rings. The monoisotopic (exact) mass is 859 g/mol. The van der Waals surface area contributed by atoms with Crippen LogP contribution in [-0.2, 0) is 28.5 Å². The van der Waals surface area contributed by atoms with Gasteiger partial charge in [0.05, 0.1) is 13.2 Å². The highest BCUT2D eigenvalue weighted by Crippen LogP contribution is 2.22. The number of unbranched alkanes of at least 4 members (excludes halogenated alkanes) is 19. The molecular weight excluding hydrogens is 773 g/mol. The molecule has 0 saturated carbocycles. The van der Waals surface area contributed by atoms with Gasteiger partial charge in [0.15, 0.2) is 12.4 Å². The van der Waals surface area contributed by atoms with Crippen LogP contribution in [0.2, 0.25) is 0 Å². The van der Waals surface area contributed by atoms with Crippen molar-refractivity contribution in [2.45, 2.75) is 218 Å². The van der Waals surface area contributed by atoms with E-state index >= 15 is 0 Å². The summed E-state index contributed by atoms with van der Waals surface area (Å²) in [5, 5.41) is 40.1. The highest BCUT2D eigenvalue weighted by Gasteiger charge is 2.44. The Bertz CT molecular complexity index is 1220. The minimum atomic E-state index is -1.62. The number of esters is 2. The highest BCUT2D eigenvalue weighted by molar-refractivity contribution is 5.82. The van der Waals surface area contributed by atoms with E-state index in [0.29, 0.717) is 12.8 Å². The summed E-state index contributed by atoms with van der Waals surface area (Å²) >= 11 is 0. The summed E-state index contributed by atoms with van der Waals surface area (Å²) < 4.78 is 21.9. The Morgan fingerprint density at radius 2 is 1.03 bits per heavy atom. The molecule has 6 atom stereocenters. The summed E-state index contributed by atoms with van der Waals surface area (Å²) in [6.07, 6.45) is 45.5. The van der Waals surface area contributed by atoms with Gasteiger partial charge < -0.3 is 39.4 Å². The lowest BCUT2D eigenvalue weighted by Gasteiger charge is -2.39. The number of carbonyl (C=O) groups is 2. The molecule has 0 spiro atoms. The topological polar surface area (TPSA) is 152 Å². The average molecular weight is 859 g/mol. The van der Waals surface area contributed by atoms with E-state index in [4.69, 9.17) is 18.9 Å². The summed E-state index contributed by atoms with van der Waals surface area (Å²) in [6, 6.07) is 0. The minimum absolute atomic E-state index is 0.132. The van der Waals surface area contributed by atoms with E-state index in [0.717, 1.165) is 32.1 Å². The van der Waals surface area contributed by atoms with Crippen molar-refractivity contribution in [3.05, 3.63) is 72.9 Å². The van der Waals surface area contributed by atoms with Crippen LogP contribution >= 0.6 is 0 Å². The molecule has 1 aliphatic heterocycles. The van der Waals surface area contributed by atoms with Crippen molar-refractivity contribution in [3.8, 4) is 0 Å². The number of ether oxygens (including phenoxy) is 4. The van der Waals surface area contributed by atoms with Crippen molar-refractivity contribution < 1.29 is 49.0 Å². The lowest BCUT2D eigenvalue weighted by atomic mass is 9.99. The van der Waals surface area contributed by atoms with Crippen LogP contribution in [0.15, 0.2) is 72.9 Å². The molecule has 350 valence electrons. The first kappa shape index (κ1) is 56.2. The van der Waals surface area contributed by atoms with Crippen LogP contribution in [-0.4, -0.2) is 89.0 Å². The quantitative estimate of drug-likeness (QED) is 0.0155. The Balaban J connectivity index is 2.40. The Morgan fingerprint density at radius 1 is 0.557 bits per heavy atom. The van der Waals surface area contributed by atoms with Gasteiger partial charge in [-0.3, -0.25) is 4.79 Å². The lowest BCUT2D eigenvalue weighted by Crippen LogP contribution is -2.59. The molecule has 61 heavy (non-hydrogen) atoms. The standard InChI is InChI=1S/C51H86O10/c1-3-5-7-9-11-13-15-17-19-20-21-22-23-24-26-28-30-32-34-36-38-40-47(54)60-44(43-59-51-50(57)49(56)48(55)45(41-52)61-51)42-58-46(53)39-37-35-33-31-29-27-25-18-16-14-12-10-8-6-4-2/h19-20,22-23,26,28,32-35,37,39,44-45,48-52,55-57H,3-18,21,24-25,27,29-31,36,38,40-43H2,1-2H3/b20-19+,23-22+,28-26+,34-32+,35-33+,39-37+/t44-,45-,48+,49?,50?,51-/m1/s1. The lowest BCUT2D eigenvalue weighted by molar-refractivity contribution is -0.305. The number of rotatable bonds is 39. The molecule has 2 unspecified atom stereocenters. The van der Waals surface area contributed by atoms with Crippen LogP contribution in [0.4, 0.5) is 0 Å². The van der Waals surface area contributed by atoms with Gasteiger partial charge in [-0.2, -0.15) is 0 Å². The predicted molar refractivity (Wildman–Crippen MR) is 247 cm³/mol. The first-order valence-electron chi connectivity index (χ1n) is 24.0. The van der Waals surface area contributed by atoms with Crippen LogP contribution < -0.4 is 0 Å². The van der Waals surface area contributed by atoms with E-state index < -0.39 is 55.4 Å². The normalized spacial score (nSPS) is 20.4. The van der Waals surface area contributed by atoms with E-state index in [1.807, 2.05) is 18.2 Å². The van der Waals surface area contributed by atoms with Gasteiger partial charge in [-0.05, 0) is 57.8 Å². The molecule has 10 heteroatoms. The van der Waals surface area contributed by atoms with Crippen molar-refractivity contribution in [1.82, 2.24) is 0 Å². The third-order valence-electron chi connectivity index (χ3n) is 10.7. The van der Waals surface area contributed by atoms with Crippen LogP contribution in [0.1, 0.15) is 181 Å².